The third kappa shape index (κ3) is 5.17. The van der Waals surface area contributed by atoms with Gasteiger partial charge in [0.05, 0.1) is 12.5 Å². The van der Waals surface area contributed by atoms with Gasteiger partial charge in [0.25, 0.3) is 0 Å². The van der Waals surface area contributed by atoms with Gasteiger partial charge in [-0.1, -0.05) is 29.8 Å². The third-order valence-electron chi connectivity index (χ3n) is 5.14. The second-order valence-corrected chi connectivity index (χ2v) is 7.45. The summed E-state index contributed by atoms with van der Waals surface area (Å²) in [6, 6.07) is 15.0. The molecule has 30 heavy (non-hydrogen) atoms. The molecular formula is C23H27N3O4. The van der Waals surface area contributed by atoms with Crippen molar-refractivity contribution in [3.8, 4) is 0 Å². The van der Waals surface area contributed by atoms with Crippen molar-refractivity contribution >= 4 is 29.3 Å². The Morgan fingerprint density at radius 3 is 2.43 bits per heavy atom. The van der Waals surface area contributed by atoms with E-state index in [0.717, 1.165) is 5.56 Å². The van der Waals surface area contributed by atoms with Crippen molar-refractivity contribution in [1.82, 2.24) is 4.90 Å². The number of aryl methyl sites for hydroxylation is 1. The Morgan fingerprint density at radius 2 is 1.80 bits per heavy atom. The summed E-state index contributed by atoms with van der Waals surface area (Å²) >= 11 is 0. The highest BCUT2D eigenvalue weighted by atomic mass is 16.6. The van der Waals surface area contributed by atoms with E-state index in [4.69, 9.17) is 4.74 Å². The zero-order valence-electron chi connectivity index (χ0n) is 17.6. The van der Waals surface area contributed by atoms with E-state index in [-0.39, 0.29) is 24.2 Å². The lowest BCUT2D eigenvalue weighted by Gasteiger charge is -2.18. The number of carbonyl (C=O) groups is 3. The summed E-state index contributed by atoms with van der Waals surface area (Å²) in [5, 5.41) is 2.86. The average molecular weight is 409 g/mol. The Bertz CT molecular complexity index is 909. The van der Waals surface area contributed by atoms with E-state index in [2.05, 4.69) is 5.32 Å². The molecule has 1 heterocycles. The summed E-state index contributed by atoms with van der Waals surface area (Å²) in [4.78, 5) is 39.9. The van der Waals surface area contributed by atoms with E-state index in [0.29, 0.717) is 31.1 Å². The number of hydrogen-bond donors (Lipinski definition) is 1. The molecule has 2 aromatic rings. The zero-order valence-corrected chi connectivity index (χ0v) is 17.6. The predicted molar refractivity (Wildman–Crippen MR) is 115 cm³/mol. The van der Waals surface area contributed by atoms with E-state index in [1.165, 1.54) is 10.5 Å². The number of hydrogen-bond acceptors (Lipinski definition) is 4. The summed E-state index contributed by atoms with van der Waals surface area (Å²) < 4.78 is 4.97. The summed E-state index contributed by atoms with van der Waals surface area (Å²) in [5.41, 5.74) is 3.50. The molecule has 7 heteroatoms. The molecule has 1 N–H and O–H groups in total. The van der Waals surface area contributed by atoms with Crippen LogP contribution in [-0.4, -0.2) is 43.0 Å². The van der Waals surface area contributed by atoms with Crippen molar-refractivity contribution in [3.05, 3.63) is 59.7 Å². The molecule has 3 amide bonds. The maximum absolute atomic E-state index is 12.6. The minimum atomic E-state index is -0.438. The Balaban J connectivity index is 1.56. The van der Waals surface area contributed by atoms with Crippen LogP contribution in [0.3, 0.4) is 0 Å². The van der Waals surface area contributed by atoms with Gasteiger partial charge in [-0.2, -0.15) is 0 Å². The Hall–Kier alpha value is -3.35. The standard InChI is InChI=1S/C23H27N3O4/c1-4-30-23(29)25(3)20-11-9-19(10-12-20)24-22(28)18-13-21(27)26(15-18)14-17-7-5-16(2)6-8-17/h5-12,18H,4,13-15H2,1-3H3,(H,24,28). The average Bonchev–Trinajstić information content (AvgIpc) is 3.10. The van der Waals surface area contributed by atoms with Gasteiger partial charge < -0.3 is 15.0 Å². The first-order valence-electron chi connectivity index (χ1n) is 10.0. The van der Waals surface area contributed by atoms with Crippen LogP contribution in [0.25, 0.3) is 0 Å². The van der Waals surface area contributed by atoms with Gasteiger partial charge >= 0.3 is 6.09 Å². The number of amides is 3. The molecule has 2 aromatic carbocycles. The molecule has 0 saturated carbocycles. The molecule has 1 fully saturated rings. The highest BCUT2D eigenvalue weighted by molar-refractivity contribution is 5.97. The maximum Gasteiger partial charge on any atom is 0.413 e. The van der Waals surface area contributed by atoms with Crippen LogP contribution in [0, 0.1) is 12.8 Å². The SMILES string of the molecule is CCOC(=O)N(C)c1ccc(NC(=O)C2CC(=O)N(Cc3ccc(C)cc3)C2)cc1. The second-order valence-electron chi connectivity index (χ2n) is 7.45. The maximum atomic E-state index is 12.6. The lowest BCUT2D eigenvalue weighted by Crippen LogP contribution is -2.28. The van der Waals surface area contributed by atoms with Crippen LogP contribution in [0.4, 0.5) is 16.2 Å². The van der Waals surface area contributed by atoms with E-state index in [1.54, 1.807) is 43.1 Å². The Labute approximate surface area is 176 Å². The molecule has 0 spiro atoms. The number of nitrogens with one attached hydrogen (secondary N) is 1. The Morgan fingerprint density at radius 1 is 1.13 bits per heavy atom. The van der Waals surface area contributed by atoms with E-state index in [1.807, 2.05) is 31.2 Å². The normalized spacial score (nSPS) is 15.8. The molecular weight excluding hydrogens is 382 g/mol. The smallest absolute Gasteiger partial charge is 0.413 e. The summed E-state index contributed by atoms with van der Waals surface area (Å²) in [7, 11) is 1.62. The lowest BCUT2D eigenvalue weighted by atomic mass is 10.1. The lowest BCUT2D eigenvalue weighted by molar-refractivity contribution is -0.128. The Kier molecular flexibility index (Phi) is 6.72. The quantitative estimate of drug-likeness (QED) is 0.791. The summed E-state index contributed by atoms with van der Waals surface area (Å²) in [6.07, 6.45) is -0.228. The van der Waals surface area contributed by atoms with Gasteiger partial charge in [-0.25, -0.2) is 4.79 Å². The van der Waals surface area contributed by atoms with Crippen molar-refractivity contribution in [2.45, 2.75) is 26.8 Å². The van der Waals surface area contributed by atoms with Gasteiger partial charge in [0, 0.05) is 37.9 Å². The van der Waals surface area contributed by atoms with Crippen LogP contribution in [0.2, 0.25) is 0 Å². The summed E-state index contributed by atoms with van der Waals surface area (Å²) in [5.74, 6) is -0.576. The van der Waals surface area contributed by atoms with Crippen molar-refractivity contribution in [2.24, 2.45) is 5.92 Å². The fraction of sp³-hybridized carbons (Fsp3) is 0.348. The number of nitrogens with zero attached hydrogens (tertiary/aromatic N) is 2. The number of anilines is 2. The molecule has 1 saturated heterocycles. The number of likely N-dealkylation sites (tertiary alicyclic amines) is 1. The van der Waals surface area contributed by atoms with Crippen LogP contribution >= 0.6 is 0 Å². The van der Waals surface area contributed by atoms with Crippen LogP contribution < -0.4 is 10.2 Å². The van der Waals surface area contributed by atoms with Gasteiger partial charge in [-0.05, 0) is 43.7 Å². The molecule has 1 atom stereocenters. The largest absolute Gasteiger partial charge is 0.449 e. The number of rotatable bonds is 6. The molecule has 0 bridgehead atoms. The first kappa shape index (κ1) is 21.4. The van der Waals surface area contributed by atoms with Crippen molar-refractivity contribution in [3.63, 3.8) is 0 Å². The first-order chi connectivity index (χ1) is 14.4. The minimum Gasteiger partial charge on any atom is -0.449 e. The summed E-state index contributed by atoms with van der Waals surface area (Å²) in [6.45, 7) is 4.99. The zero-order chi connectivity index (χ0) is 21.7. The predicted octanol–water partition coefficient (Wildman–Crippen LogP) is 3.57. The van der Waals surface area contributed by atoms with E-state index < -0.39 is 6.09 Å². The number of carbonyl (C=O) groups excluding carboxylic acids is 3. The molecule has 3 rings (SSSR count). The topological polar surface area (TPSA) is 79.0 Å². The number of ether oxygens (including phenoxy) is 1. The fourth-order valence-electron chi connectivity index (χ4n) is 3.35. The van der Waals surface area contributed by atoms with Gasteiger partial charge in [0.2, 0.25) is 11.8 Å². The monoisotopic (exact) mass is 409 g/mol. The van der Waals surface area contributed by atoms with Gasteiger partial charge in [0.1, 0.15) is 0 Å². The molecule has 0 radical (unpaired) electrons. The van der Waals surface area contributed by atoms with Crippen molar-refractivity contribution in [2.75, 3.05) is 30.4 Å². The molecule has 1 aliphatic heterocycles. The van der Waals surface area contributed by atoms with Crippen molar-refractivity contribution < 1.29 is 19.1 Å². The molecule has 0 aromatic heterocycles. The van der Waals surface area contributed by atoms with Gasteiger partial charge in [0.15, 0.2) is 0 Å². The van der Waals surface area contributed by atoms with Crippen LogP contribution in [0.15, 0.2) is 48.5 Å². The first-order valence-corrected chi connectivity index (χ1v) is 10.0. The van der Waals surface area contributed by atoms with E-state index >= 15 is 0 Å². The van der Waals surface area contributed by atoms with Crippen LogP contribution in [-0.2, 0) is 20.9 Å². The molecule has 7 nitrogen and oxygen atoms in total. The van der Waals surface area contributed by atoms with E-state index in [9.17, 15) is 14.4 Å². The fourth-order valence-corrected chi connectivity index (χ4v) is 3.35. The highest BCUT2D eigenvalue weighted by Gasteiger charge is 2.34. The third-order valence-corrected chi connectivity index (χ3v) is 5.14. The highest BCUT2D eigenvalue weighted by Crippen LogP contribution is 2.23. The second kappa shape index (κ2) is 9.43. The van der Waals surface area contributed by atoms with Gasteiger partial charge in [-0.15, -0.1) is 0 Å². The van der Waals surface area contributed by atoms with Crippen LogP contribution in [0.5, 0.6) is 0 Å². The molecule has 0 aliphatic carbocycles. The molecule has 1 aliphatic rings. The van der Waals surface area contributed by atoms with Gasteiger partial charge in [-0.3, -0.25) is 14.5 Å². The molecule has 1 unspecified atom stereocenters. The van der Waals surface area contributed by atoms with Crippen LogP contribution in [0.1, 0.15) is 24.5 Å². The number of benzene rings is 2. The minimum absolute atomic E-state index is 0.0119. The molecule has 158 valence electrons. The van der Waals surface area contributed by atoms with Crippen molar-refractivity contribution in [1.29, 1.82) is 0 Å².